The van der Waals surface area contributed by atoms with Crippen molar-refractivity contribution in [1.82, 2.24) is 10.6 Å². The van der Waals surface area contributed by atoms with Crippen molar-refractivity contribution < 1.29 is 23.5 Å². The minimum atomic E-state index is -1.07. The van der Waals surface area contributed by atoms with Gasteiger partial charge in [0.25, 0.3) is 5.91 Å². The van der Waals surface area contributed by atoms with Crippen LogP contribution < -0.4 is 10.6 Å². The Morgan fingerprint density at radius 3 is 2.68 bits per heavy atom. The molecule has 1 aliphatic rings. The van der Waals surface area contributed by atoms with E-state index in [0.717, 1.165) is 31.7 Å². The van der Waals surface area contributed by atoms with Gasteiger partial charge in [-0.05, 0) is 30.9 Å². The molecule has 0 aromatic heterocycles. The van der Waals surface area contributed by atoms with Gasteiger partial charge < -0.3 is 10.1 Å². The fraction of sp³-hybridized carbons (Fsp3) is 0.471. The Morgan fingerprint density at radius 1 is 1.28 bits per heavy atom. The van der Waals surface area contributed by atoms with Gasteiger partial charge in [-0.15, -0.1) is 0 Å². The lowest BCUT2D eigenvalue weighted by molar-refractivity contribution is -0.123. The minimum absolute atomic E-state index is 0.0151. The minimum Gasteiger partial charge on any atom is -0.452 e. The van der Waals surface area contributed by atoms with Crippen molar-refractivity contribution in [2.45, 2.75) is 38.6 Å². The summed E-state index contributed by atoms with van der Waals surface area (Å²) in [6, 6.07) is 3.11. The summed E-state index contributed by atoms with van der Waals surface area (Å²) in [5.74, 6) is -2.38. The fourth-order valence-corrected chi connectivity index (χ4v) is 3.03. The van der Waals surface area contributed by atoms with Crippen molar-refractivity contribution in [2.75, 3.05) is 6.61 Å². The summed E-state index contributed by atoms with van der Waals surface area (Å²) in [6.45, 7) is 1.34. The Labute approximate surface area is 150 Å². The first-order valence-corrected chi connectivity index (χ1v) is 8.47. The van der Waals surface area contributed by atoms with Crippen LogP contribution in [0.5, 0.6) is 0 Å². The highest BCUT2D eigenvalue weighted by molar-refractivity contribution is 6.33. The smallest absolute Gasteiger partial charge is 0.343 e. The van der Waals surface area contributed by atoms with Crippen molar-refractivity contribution in [2.24, 2.45) is 5.92 Å². The van der Waals surface area contributed by atoms with E-state index < -0.39 is 35.9 Å². The molecule has 2 N–H and O–H groups in total. The third kappa shape index (κ3) is 5.42. The van der Waals surface area contributed by atoms with E-state index in [1.54, 1.807) is 0 Å². The van der Waals surface area contributed by atoms with Gasteiger partial charge in [-0.1, -0.05) is 37.4 Å². The number of urea groups is 1. The molecule has 1 aliphatic carbocycles. The molecule has 0 saturated heterocycles. The molecule has 0 aliphatic heterocycles. The van der Waals surface area contributed by atoms with Crippen molar-refractivity contribution in [3.63, 3.8) is 0 Å². The van der Waals surface area contributed by atoms with Crippen molar-refractivity contribution in [1.29, 1.82) is 0 Å². The Hall–Kier alpha value is -2.15. The second-order valence-corrected chi connectivity index (χ2v) is 6.47. The van der Waals surface area contributed by atoms with Crippen LogP contribution in [0.25, 0.3) is 0 Å². The van der Waals surface area contributed by atoms with Crippen LogP contribution >= 0.6 is 11.6 Å². The number of carbonyl (C=O) groups excluding carboxylic acids is 3. The van der Waals surface area contributed by atoms with Crippen molar-refractivity contribution in [3.05, 3.63) is 34.6 Å². The molecule has 1 aromatic carbocycles. The molecule has 0 spiro atoms. The van der Waals surface area contributed by atoms with E-state index in [1.165, 1.54) is 12.1 Å². The highest BCUT2D eigenvalue weighted by Gasteiger charge is 2.24. The number of halogens is 2. The average molecular weight is 371 g/mol. The zero-order chi connectivity index (χ0) is 18.4. The lowest BCUT2D eigenvalue weighted by atomic mass is 9.86. The second kappa shape index (κ2) is 8.80. The van der Waals surface area contributed by atoms with Crippen LogP contribution in [0.4, 0.5) is 9.18 Å². The van der Waals surface area contributed by atoms with Crippen LogP contribution in [0.3, 0.4) is 0 Å². The summed E-state index contributed by atoms with van der Waals surface area (Å²) in [4.78, 5) is 35.3. The fourth-order valence-electron chi connectivity index (χ4n) is 2.79. The van der Waals surface area contributed by atoms with E-state index in [9.17, 15) is 18.8 Å². The largest absolute Gasteiger partial charge is 0.452 e. The first-order valence-electron chi connectivity index (χ1n) is 8.10. The van der Waals surface area contributed by atoms with Gasteiger partial charge >= 0.3 is 12.0 Å². The SMILES string of the molecule is C[C@@H]1CCCC[C@@H]1NC(=O)NC(=O)COC(=O)c1c(F)cccc1Cl. The van der Waals surface area contributed by atoms with Gasteiger partial charge in [0.15, 0.2) is 6.61 Å². The number of hydrogen-bond acceptors (Lipinski definition) is 4. The highest BCUT2D eigenvalue weighted by atomic mass is 35.5. The molecule has 136 valence electrons. The van der Waals surface area contributed by atoms with E-state index >= 15 is 0 Å². The van der Waals surface area contributed by atoms with Crippen LogP contribution in [-0.4, -0.2) is 30.6 Å². The number of ether oxygens (including phenoxy) is 1. The molecule has 2 atom stereocenters. The Bertz CT molecular complexity index is 648. The van der Waals surface area contributed by atoms with Crippen molar-refractivity contribution >= 4 is 29.5 Å². The molecule has 6 nitrogen and oxygen atoms in total. The summed E-state index contributed by atoms with van der Waals surface area (Å²) >= 11 is 5.74. The maximum atomic E-state index is 13.6. The first-order chi connectivity index (χ1) is 11.9. The molecule has 0 heterocycles. The van der Waals surface area contributed by atoms with Gasteiger partial charge in [0.1, 0.15) is 11.4 Å². The summed E-state index contributed by atoms with van der Waals surface area (Å²) in [5.41, 5.74) is -0.447. The Morgan fingerprint density at radius 2 is 2.00 bits per heavy atom. The molecular formula is C17H20ClFN2O4. The monoisotopic (exact) mass is 370 g/mol. The highest BCUT2D eigenvalue weighted by Crippen LogP contribution is 2.23. The standard InChI is InChI=1S/C17H20ClFN2O4/c1-10-5-2-3-8-13(10)20-17(24)21-14(22)9-25-16(23)15-11(18)6-4-7-12(15)19/h4,6-7,10,13H,2-3,5,8-9H2,1H3,(H2,20,21,22,24)/t10-,13+/m1/s1. The number of hydrogen-bond donors (Lipinski definition) is 2. The maximum Gasteiger partial charge on any atom is 0.343 e. The summed E-state index contributed by atoms with van der Waals surface area (Å²) in [7, 11) is 0. The van der Waals surface area contributed by atoms with Crippen LogP contribution in [0.15, 0.2) is 18.2 Å². The zero-order valence-corrected chi connectivity index (χ0v) is 14.6. The molecule has 8 heteroatoms. The van der Waals surface area contributed by atoms with E-state index in [2.05, 4.69) is 10.6 Å². The van der Waals surface area contributed by atoms with E-state index in [1.807, 2.05) is 6.92 Å². The maximum absolute atomic E-state index is 13.6. The van der Waals surface area contributed by atoms with Gasteiger partial charge in [0.2, 0.25) is 0 Å². The number of nitrogens with one attached hydrogen (secondary N) is 2. The number of amides is 3. The van der Waals surface area contributed by atoms with Crippen LogP contribution in [-0.2, 0) is 9.53 Å². The van der Waals surface area contributed by atoms with E-state index in [4.69, 9.17) is 16.3 Å². The average Bonchev–Trinajstić information content (AvgIpc) is 2.55. The third-order valence-electron chi connectivity index (χ3n) is 4.18. The van der Waals surface area contributed by atoms with Gasteiger partial charge in [0, 0.05) is 6.04 Å². The molecule has 2 rings (SSSR count). The zero-order valence-electron chi connectivity index (χ0n) is 13.8. The van der Waals surface area contributed by atoms with Crippen LogP contribution in [0.1, 0.15) is 43.0 Å². The molecular weight excluding hydrogens is 351 g/mol. The molecule has 0 radical (unpaired) electrons. The molecule has 1 fully saturated rings. The van der Waals surface area contributed by atoms with E-state index in [0.29, 0.717) is 5.92 Å². The van der Waals surface area contributed by atoms with Gasteiger partial charge in [-0.3, -0.25) is 10.1 Å². The topological polar surface area (TPSA) is 84.5 Å². The lowest BCUT2D eigenvalue weighted by Gasteiger charge is -2.29. The number of imide groups is 1. The summed E-state index contributed by atoms with van der Waals surface area (Å²) < 4.78 is 18.3. The molecule has 1 aromatic rings. The summed E-state index contributed by atoms with van der Waals surface area (Å²) in [6.07, 6.45) is 4.06. The normalized spacial score (nSPS) is 19.8. The first kappa shape index (κ1) is 19.2. The molecule has 0 bridgehead atoms. The molecule has 0 unspecified atom stereocenters. The predicted molar refractivity (Wildman–Crippen MR) is 89.8 cm³/mol. The van der Waals surface area contributed by atoms with E-state index in [-0.39, 0.29) is 11.1 Å². The predicted octanol–water partition coefficient (Wildman–Crippen LogP) is 3.04. The number of rotatable bonds is 4. The van der Waals surface area contributed by atoms with Gasteiger partial charge in [-0.25, -0.2) is 14.0 Å². The van der Waals surface area contributed by atoms with Crippen LogP contribution in [0.2, 0.25) is 5.02 Å². The quantitative estimate of drug-likeness (QED) is 0.798. The third-order valence-corrected chi connectivity index (χ3v) is 4.50. The van der Waals surface area contributed by atoms with Crippen LogP contribution in [0, 0.1) is 11.7 Å². The Balaban J connectivity index is 1.80. The molecule has 1 saturated carbocycles. The lowest BCUT2D eigenvalue weighted by Crippen LogP contribution is -2.48. The van der Waals surface area contributed by atoms with Gasteiger partial charge in [-0.2, -0.15) is 0 Å². The number of benzene rings is 1. The second-order valence-electron chi connectivity index (χ2n) is 6.06. The van der Waals surface area contributed by atoms with Crippen molar-refractivity contribution in [3.8, 4) is 0 Å². The number of esters is 1. The van der Waals surface area contributed by atoms with Gasteiger partial charge in [0.05, 0.1) is 5.02 Å². The Kier molecular flexibility index (Phi) is 6.75. The summed E-state index contributed by atoms with van der Waals surface area (Å²) in [5, 5.41) is 4.72. The molecule has 25 heavy (non-hydrogen) atoms. The number of carbonyl (C=O) groups is 3. The molecule has 3 amide bonds.